The van der Waals surface area contributed by atoms with Gasteiger partial charge in [0.1, 0.15) is 5.82 Å². The van der Waals surface area contributed by atoms with Crippen molar-refractivity contribution >= 4 is 5.91 Å². The zero-order valence-electron chi connectivity index (χ0n) is 14.5. The Morgan fingerprint density at radius 2 is 2.04 bits per heavy atom. The topological polar surface area (TPSA) is 67.2 Å². The van der Waals surface area contributed by atoms with Crippen molar-refractivity contribution in [3.05, 3.63) is 47.5 Å². The first kappa shape index (κ1) is 18.1. The molecule has 1 aromatic heterocycles. The summed E-state index contributed by atoms with van der Waals surface area (Å²) in [5.74, 6) is -0.543. The molecule has 0 radical (unpaired) electrons. The number of carbonyl (C=O) groups is 1. The number of halogens is 1. The number of hydrogen-bond acceptors (Lipinski definition) is 3. The average Bonchev–Trinajstić information content (AvgIpc) is 2.94. The van der Waals surface area contributed by atoms with Crippen LogP contribution in [0.4, 0.5) is 4.39 Å². The third-order valence-corrected chi connectivity index (χ3v) is 4.61. The van der Waals surface area contributed by atoms with E-state index < -0.39 is 5.60 Å². The minimum atomic E-state index is -0.967. The van der Waals surface area contributed by atoms with Crippen molar-refractivity contribution in [2.45, 2.75) is 39.7 Å². The van der Waals surface area contributed by atoms with E-state index in [1.54, 1.807) is 30.7 Å². The Morgan fingerprint density at radius 1 is 1.42 bits per heavy atom. The maximum atomic E-state index is 13.0. The molecule has 2 unspecified atom stereocenters. The second kappa shape index (κ2) is 7.13. The summed E-state index contributed by atoms with van der Waals surface area (Å²) in [6.07, 6.45) is 2.30. The lowest BCUT2D eigenvalue weighted by molar-refractivity contribution is 0.00592. The third kappa shape index (κ3) is 3.82. The number of nitrogens with one attached hydrogen (secondary N) is 1. The molecule has 5 nitrogen and oxygen atoms in total. The van der Waals surface area contributed by atoms with Crippen LogP contribution in [0.2, 0.25) is 0 Å². The predicted octanol–water partition coefficient (Wildman–Crippen LogP) is 2.85. The Labute approximate surface area is 141 Å². The second-order valence-electron chi connectivity index (χ2n) is 6.38. The minimum absolute atomic E-state index is 0.0702. The smallest absolute Gasteiger partial charge is 0.254 e. The van der Waals surface area contributed by atoms with Crippen LogP contribution in [0, 0.1) is 18.7 Å². The molecule has 0 saturated carbocycles. The van der Waals surface area contributed by atoms with Gasteiger partial charge in [-0.15, -0.1) is 0 Å². The monoisotopic (exact) mass is 333 g/mol. The van der Waals surface area contributed by atoms with Gasteiger partial charge in [0, 0.05) is 6.54 Å². The first-order chi connectivity index (χ1) is 11.3. The van der Waals surface area contributed by atoms with Gasteiger partial charge in [0.15, 0.2) is 0 Å². The summed E-state index contributed by atoms with van der Waals surface area (Å²) in [5.41, 5.74) is 0.798. The van der Waals surface area contributed by atoms with Gasteiger partial charge >= 0.3 is 0 Å². The van der Waals surface area contributed by atoms with E-state index in [0.29, 0.717) is 16.9 Å². The zero-order chi connectivity index (χ0) is 17.9. The van der Waals surface area contributed by atoms with E-state index in [1.807, 2.05) is 13.8 Å². The van der Waals surface area contributed by atoms with E-state index in [2.05, 4.69) is 10.4 Å². The van der Waals surface area contributed by atoms with Crippen molar-refractivity contribution in [2.24, 2.45) is 5.92 Å². The SMILES string of the molecule is CCC(C)C(C)(O)CNC(=O)c1cnn(-c2ccc(F)cc2)c1C. The number of carbonyl (C=O) groups excluding carboxylic acids is 1. The maximum Gasteiger partial charge on any atom is 0.254 e. The lowest BCUT2D eigenvalue weighted by Crippen LogP contribution is -2.45. The molecule has 24 heavy (non-hydrogen) atoms. The normalized spacial score (nSPS) is 14.9. The second-order valence-corrected chi connectivity index (χ2v) is 6.38. The summed E-state index contributed by atoms with van der Waals surface area (Å²) in [7, 11) is 0. The van der Waals surface area contributed by atoms with Gasteiger partial charge in [0.05, 0.1) is 28.7 Å². The molecule has 0 aliphatic heterocycles. The molecule has 2 aromatic rings. The molecule has 6 heteroatoms. The van der Waals surface area contributed by atoms with Crippen molar-refractivity contribution in [3.63, 3.8) is 0 Å². The van der Waals surface area contributed by atoms with E-state index in [9.17, 15) is 14.3 Å². The number of aliphatic hydroxyl groups is 1. The van der Waals surface area contributed by atoms with Gasteiger partial charge in [0.2, 0.25) is 0 Å². The molecular formula is C18H24FN3O2. The number of amides is 1. The first-order valence-corrected chi connectivity index (χ1v) is 8.07. The molecule has 1 aromatic carbocycles. The lowest BCUT2D eigenvalue weighted by Gasteiger charge is -2.29. The third-order valence-electron chi connectivity index (χ3n) is 4.61. The molecule has 0 spiro atoms. The van der Waals surface area contributed by atoms with Crippen molar-refractivity contribution in [3.8, 4) is 5.69 Å². The van der Waals surface area contributed by atoms with Crippen LogP contribution in [0.3, 0.4) is 0 Å². The fourth-order valence-electron chi connectivity index (χ4n) is 2.44. The van der Waals surface area contributed by atoms with Gasteiger partial charge in [-0.05, 0) is 44.0 Å². The van der Waals surface area contributed by atoms with Gasteiger partial charge < -0.3 is 10.4 Å². The van der Waals surface area contributed by atoms with Gasteiger partial charge in [-0.25, -0.2) is 9.07 Å². The summed E-state index contributed by atoms with van der Waals surface area (Å²) in [4.78, 5) is 12.4. The van der Waals surface area contributed by atoms with Crippen LogP contribution >= 0.6 is 0 Å². The standard InChI is InChI=1S/C18H24FN3O2/c1-5-12(2)18(4,24)11-20-17(23)16-10-21-22(13(16)3)15-8-6-14(19)7-9-15/h6-10,12,24H,5,11H2,1-4H3,(H,20,23). The van der Waals surface area contributed by atoms with Crippen LogP contribution in [-0.2, 0) is 0 Å². The molecule has 2 N–H and O–H groups in total. The predicted molar refractivity (Wildman–Crippen MR) is 90.7 cm³/mol. The van der Waals surface area contributed by atoms with E-state index in [0.717, 1.165) is 6.42 Å². The summed E-state index contributed by atoms with van der Waals surface area (Å²) < 4.78 is 14.6. The van der Waals surface area contributed by atoms with E-state index in [4.69, 9.17) is 0 Å². The average molecular weight is 333 g/mol. The van der Waals surface area contributed by atoms with E-state index in [-0.39, 0.29) is 24.2 Å². The molecule has 130 valence electrons. The Bertz CT molecular complexity index is 708. The van der Waals surface area contributed by atoms with Crippen LogP contribution in [0.1, 0.15) is 43.2 Å². The van der Waals surface area contributed by atoms with Gasteiger partial charge in [-0.3, -0.25) is 4.79 Å². The fourth-order valence-corrected chi connectivity index (χ4v) is 2.44. The highest BCUT2D eigenvalue weighted by Crippen LogP contribution is 2.19. The maximum absolute atomic E-state index is 13.0. The summed E-state index contributed by atoms with van der Waals surface area (Å²) >= 11 is 0. The number of benzene rings is 1. The molecule has 1 amide bonds. The van der Waals surface area contributed by atoms with Crippen molar-refractivity contribution < 1.29 is 14.3 Å². The first-order valence-electron chi connectivity index (χ1n) is 8.07. The van der Waals surface area contributed by atoms with Crippen LogP contribution in [0.15, 0.2) is 30.5 Å². The zero-order valence-corrected chi connectivity index (χ0v) is 14.5. The van der Waals surface area contributed by atoms with Crippen molar-refractivity contribution in [2.75, 3.05) is 6.54 Å². The number of hydrogen-bond donors (Lipinski definition) is 2. The van der Waals surface area contributed by atoms with Gasteiger partial charge in [-0.2, -0.15) is 5.10 Å². The van der Waals surface area contributed by atoms with Crippen LogP contribution in [0.5, 0.6) is 0 Å². The van der Waals surface area contributed by atoms with Crippen molar-refractivity contribution in [1.29, 1.82) is 0 Å². The van der Waals surface area contributed by atoms with Crippen LogP contribution in [0.25, 0.3) is 5.69 Å². The molecular weight excluding hydrogens is 309 g/mol. The van der Waals surface area contributed by atoms with E-state index in [1.165, 1.54) is 18.3 Å². The quantitative estimate of drug-likeness (QED) is 0.854. The Balaban J connectivity index is 2.13. The molecule has 0 aliphatic carbocycles. The summed E-state index contributed by atoms with van der Waals surface area (Å²) in [5, 5.41) is 17.4. The number of nitrogens with zero attached hydrogens (tertiary/aromatic N) is 2. The van der Waals surface area contributed by atoms with Crippen LogP contribution < -0.4 is 5.32 Å². The van der Waals surface area contributed by atoms with Gasteiger partial charge in [-0.1, -0.05) is 20.3 Å². The minimum Gasteiger partial charge on any atom is -0.388 e. The number of rotatable bonds is 6. The molecule has 0 fully saturated rings. The highest BCUT2D eigenvalue weighted by molar-refractivity contribution is 5.95. The Morgan fingerprint density at radius 3 is 2.62 bits per heavy atom. The van der Waals surface area contributed by atoms with Crippen LogP contribution in [-0.4, -0.2) is 32.9 Å². The lowest BCUT2D eigenvalue weighted by atomic mass is 9.88. The Hall–Kier alpha value is -2.21. The number of aromatic nitrogens is 2. The molecule has 0 aliphatic rings. The summed E-state index contributed by atoms with van der Waals surface area (Å²) in [6, 6.07) is 5.90. The largest absolute Gasteiger partial charge is 0.388 e. The van der Waals surface area contributed by atoms with E-state index >= 15 is 0 Å². The highest BCUT2D eigenvalue weighted by atomic mass is 19.1. The van der Waals surface area contributed by atoms with Crippen molar-refractivity contribution in [1.82, 2.24) is 15.1 Å². The molecule has 0 bridgehead atoms. The Kier molecular flexibility index (Phi) is 5.39. The molecule has 0 saturated heterocycles. The highest BCUT2D eigenvalue weighted by Gasteiger charge is 2.28. The molecule has 1 heterocycles. The fraction of sp³-hybridized carbons (Fsp3) is 0.444. The summed E-state index contributed by atoms with van der Waals surface area (Å²) in [6.45, 7) is 7.61. The molecule has 2 rings (SSSR count). The molecule has 2 atom stereocenters. The van der Waals surface area contributed by atoms with Gasteiger partial charge in [0.25, 0.3) is 5.91 Å².